The van der Waals surface area contributed by atoms with Gasteiger partial charge in [0.05, 0.1) is 22.2 Å². The van der Waals surface area contributed by atoms with Crippen molar-refractivity contribution in [3.8, 4) is 11.4 Å². The topological polar surface area (TPSA) is 86.8 Å². The molecule has 0 amide bonds. The quantitative estimate of drug-likeness (QED) is 0.641. The molecule has 10 heteroatoms. The van der Waals surface area contributed by atoms with E-state index in [-0.39, 0.29) is 11.9 Å². The molecule has 2 atom stereocenters. The van der Waals surface area contributed by atoms with Gasteiger partial charge in [0.1, 0.15) is 5.65 Å². The molecule has 0 bridgehead atoms. The molecule has 2 N–H and O–H groups in total. The lowest BCUT2D eigenvalue weighted by Gasteiger charge is -2.32. The second kappa shape index (κ2) is 7.62. The van der Waals surface area contributed by atoms with E-state index in [2.05, 4.69) is 25.3 Å². The number of halogens is 2. The molecule has 3 aromatic heterocycles. The Balaban J connectivity index is 1.39. The molecular weight excluding hydrogens is 415 g/mol. The van der Waals surface area contributed by atoms with Gasteiger partial charge in [-0.3, -0.25) is 0 Å². The number of aromatic amines is 1. The van der Waals surface area contributed by atoms with E-state index in [1.807, 2.05) is 4.31 Å². The number of hydrogen-bond acceptors (Lipinski definition) is 5. The second-order valence-electron chi connectivity index (χ2n) is 7.49. The Bertz CT molecular complexity index is 1090. The van der Waals surface area contributed by atoms with Crippen molar-refractivity contribution in [2.75, 3.05) is 18.4 Å². The third kappa shape index (κ3) is 3.86. The van der Waals surface area contributed by atoms with Crippen LogP contribution < -0.4 is 5.32 Å². The summed E-state index contributed by atoms with van der Waals surface area (Å²) >= 11 is 6.07. The van der Waals surface area contributed by atoms with E-state index in [9.17, 15) is 8.60 Å². The SMILES string of the molecule is O=S(C1CC1)N1CCCC(Nc2nc(-c3c[nH]c4ncc(Cl)cc34)ncc2F)C1. The number of hydrogen-bond donors (Lipinski definition) is 2. The highest BCUT2D eigenvalue weighted by atomic mass is 35.5. The van der Waals surface area contributed by atoms with Gasteiger partial charge in [-0.05, 0) is 31.7 Å². The van der Waals surface area contributed by atoms with Crippen molar-refractivity contribution < 1.29 is 8.60 Å². The molecule has 3 aromatic rings. The van der Waals surface area contributed by atoms with Gasteiger partial charge >= 0.3 is 0 Å². The zero-order chi connectivity index (χ0) is 20.0. The number of piperidine rings is 1. The van der Waals surface area contributed by atoms with Crippen LogP contribution in [0.2, 0.25) is 5.02 Å². The van der Waals surface area contributed by atoms with Crippen molar-refractivity contribution in [1.29, 1.82) is 0 Å². The molecule has 5 rings (SSSR count). The molecule has 4 heterocycles. The van der Waals surface area contributed by atoms with Gasteiger partial charge in [0.25, 0.3) is 0 Å². The van der Waals surface area contributed by atoms with Crippen molar-refractivity contribution in [3.63, 3.8) is 0 Å². The van der Waals surface area contributed by atoms with Gasteiger partial charge in [0.15, 0.2) is 17.5 Å². The van der Waals surface area contributed by atoms with Gasteiger partial charge in [0, 0.05) is 47.7 Å². The first-order valence-electron chi connectivity index (χ1n) is 9.66. The summed E-state index contributed by atoms with van der Waals surface area (Å²) in [7, 11) is -0.935. The number of pyridine rings is 1. The Hall–Kier alpha value is -2.10. The molecule has 2 aliphatic rings. The van der Waals surface area contributed by atoms with Crippen molar-refractivity contribution in [1.82, 2.24) is 24.2 Å². The molecule has 29 heavy (non-hydrogen) atoms. The highest BCUT2D eigenvalue weighted by Crippen LogP contribution is 2.31. The largest absolute Gasteiger partial charge is 0.363 e. The Morgan fingerprint density at radius 3 is 2.97 bits per heavy atom. The number of H-pyrrole nitrogens is 1. The molecule has 0 radical (unpaired) electrons. The van der Waals surface area contributed by atoms with Crippen LogP contribution in [0.4, 0.5) is 10.2 Å². The number of fused-ring (bicyclic) bond motifs is 1. The van der Waals surface area contributed by atoms with Crippen molar-refractivity contribution in [2.24, 2.45) is 0 Å². The lowest BCUT2D eigenvalue weighted by atomic mass is 10.1. The molecule has 0 spiro atoms. The minimum absolute atomic E-state index is 0.0113. The zero-order valence-electron chi connectivity index (χ0n) is 15.6. The normalized spacial score (nSPS) is 21.4. The van der Waals surface area contributed by atoms with E-state index in [4.69, 9.17) is 11.6 Å². The van der Waals surface area contributed by atoms with Gasteiger partial charge in [-0.25, -0.2) is 27.9 Å². The van der Waals surface area contributed by atoms with Crippen molar-refractivity contribution in [3.05, 3.63) is 35.5 Å². The standard InChI is InChI=1S/C19H20ClFN6OS/c20-11-6-14-15(8-23-17(14)22-7-11)18-24-9-16(21)19(26-18)25-12-2-1-5-27(10-12)29(28)13-3-4-13/h6-9,12-13H,1-5,10H2,(H,22,23)(H,24,25,26). The van der Waals surface area contributed by atoms with Crippen LogP contribution in [0.5, 0.6) is 0 Å². The lowest BCUT2D eigenvalue weighted by molar-refractivity contribution is 0.341. The van der Waals surface area contributed by atoms with E-state index in [0.29, 0.717) is 33.9 Å². The predicted octanol–water partition coefficient (Wildman–Crippen LogP) is 3.51. The van der Waals surface area contributed by atoms with Crippen molar-refractivity contribution >= 4 is 39.4 Å². The van der Waals surface area contributed by atoms with Crippen LogP contribution in [-0.4, -0.2) is 52.8 Å². The summed E-state index contributed by atoms with van der Waals surface area (Å²) in [5.74, 6) is 0.0343. The summed E-state index contributed by atoms with van der Waals surface area (Å²) in [4.78, 5) is 15.9. The van der Waals surface area contributed by atoms with Crippen LogP contribution in [0.15, 0.2) is 24.7 Å². The van der Waals surface area contributed by atoms with Gasteiger partial charge in [-0.2, -0.15) is 0 Å². The third-order valence-corrected chi connectivity index (χ3v) is 7.36. The van der Waals surface area contributed by atoms with E-state index in [1.54, 1.807) is 18.5 Å². The minimum Gasteiger partial charge on any atom is -0.363 e. The van der Waals surface area contributed by atoms with E-state index >= 15 is 0 Å². The minimum atomic E-state index is -0.935. The molecule has 1 saturated carbocycles. The number of rotatable bonds is 5. The Kier molecular flexibility index (Phi) is 4.97. The monoisotopic (exact) mass is 434 g/mol. The third-order valence-electron chi connectivity index (χ3n) is 5.27. The summed E-state index contributed by atoms with van der Waals surface area (Å²) in [6, 6.07) is 1.77. The van der Waals surface area contributed by atoms with E-state index < -0.39 is 16.8 Å². The maximum absolute atomic E-state index is 14.4. The Morgan fingerprint density at radius 2 is 2.14 bits per heavy atom. The van der Waals surface area contributed by atoms with Gasteiger partial charge < -0.3 is 10.3 Å². The Labute approximate surface area is 174 Å². The summed E-state index contributed by atoms with van der Waals surface area (Å²) in [6.45, 7) is 1.44. The lowest BCUT2D eigenvalue weighted by Crippen LogP contribution is -2.44. The molecule has 152 valence electrons. The molecule has 1 saturated heterocycles. The maximum Gasteiger partial charge on any atom is 0.183 e. The van der Waals surface area contributed by atoms with Gasteiger partial charge in [-0.15, -0.1) is 0 Å². The first-order valence-corrected chi connectivity index (χ1v) is 11.2. The smallest absolute Gasteiger partial charge is 0.183 e. The van der Waals surface area contributed by atoms with Crippen LogP contribution in [0.25, 0.3) is 22.4 Å². The summed E-state index contributed by atoms with van der Waals surface area (Å²) in [5.41, 5.74) is 1.37. The van der Waals surface area contributed by atoms with Crippen LogP contribution in [0.1, 0.15) is 25.7 Å². The van der Waals surface area contributed by atoms with Crippen LogP contribution >= 0.6 is 11.6 Å². The fourth-order valence-electron chi connectivity index (χ4n) is 3.66. The first kappa shape index (κ1) is 18.9. The number of aromatic nitrogens is 4. The molecule has 1 aliphatic carbocycles. The Morgan fingerprint density at radius 1 is 1.28 bits per heavy atom. The average Bonchev–Trinajstić information content (AvgIpc) is 3.49. The highest BCUT2D eigenvalue weighted by molar-refractivity contribution is 7.83. The maximum atomic E-state index is 14.4. The highest BCUT2D eigenvalue weighted by Gasteiger charge is 2.35. The second-order valence-corrected chi connectivity index (χ2v) is 9.66. The van der Waals surface area contributed by atoms with Crippen molar-refractivity contribution in [2.45, 2.75) is 37.0 Å². The number of nitrogens with one attached hydrogen (secondary N) is 2. The number of anilines is 1. The summed E-state index contributed by atoms with van der Waals surface area (Å²) in [6.07, 6.45) is 8.34. The molecule has 0 aromatic carbocycles. The molecule has 7 nitrogen and oxygen atoms in total. The molecule has 2 unspecified atom stereocenters. The fraction of sp³-hybridized carbons (Fsp3) is 0.421. The summed E-state index contributed by atoms with van der Waals surface area (Å²) < 4.78 is 28.9. The van der Waals surface area contributed by atoms with Crippen LogP contribution in [0, 0.1) is 5.82 Å². The number of nitrogens with zero attached hydrogens (tertiary/aromatic N) is 4. The van der Waals surface area contributed by atoms with Crippen LogP contribution in [0.3, 0.4) is 0 Å². The molecule has 1 aliphatic heterocycles. The van der Waals surface area contributed by atoms with E-state index in [1.165, 1.54) is 6.20 Å². The predicted molar refractivity (Wildman–Crippen MR) is 111 cm³/mol. The summed E-state index contributed by atoms with van der Waals surface area (Å²) in [5, 5.41) is 4.79. The first-order chi connectivity index (χ1) is 14.1. The zero-order valence-corrected chi connectivity index (χ0v) is 17.1. The van der Waals surface area contributed by atoms with E-state index in [0.717, 1.165) is 37.6 Å². The van der Waals surface area contributed by atoms with Gasteiger partial charge in [-0.1, -0.05) is 11.6 Å². The average molecular weight is 435 g/mol. The van der Waals surface area contributed by atoms with Crippen LogP contribution in [-0.2, 0) is 11.0 Å². The molecular formula is C19H20ClFN6OS. The fourth-order valence-corrected chi connectivity index (χ4v) is 5.41. The molecule has 2 fully saturated rings. The van der Waals surface area contributed by atoms with Gasteiger partial charge in [0.2, 0.25) is 0 Å².